The lowest BCUT2D eigenvalue weighted by Gasteiger charge is -2.40. The lowest BCUT2D eigenvalue weighted by molar-refractivity contribution is 0.137. The fourth-order valence-electron chi connectivity index (χ4n) is 4.41. The van der Waals surface area contributed by atoms with Crippen LogP contribution >= 0.6 is 10.6 Å². The SMILES string of the molecule is CCOCCn1nc(CN2CCS(O)(O)CC2)c2nc(N3CCNCC3)nc(Nc3ccncn3)c21. The minimum atomic E-state index is -2.47. The Bertz CT molecular complexity index is 1150. The zero-order valence-corrected chi connectivity index (χ0v) is 21.3. The van der Waals surface area contributed by atoms with E-state index in [0.29, 0.717) is 68.5 Å². The van der Waals surface area contributed by atoms with Crippen LogP contribution in [-0.2, 0) is 17.8 Å². The number of aromatic nitrogens is 6. The van der Waals surface area contributed by atoms with Crippen molar-refractivity contribution in [2.75, 3.05) is 74.2 Å². The molecular formula is C22H34N10O3S. The Hall–Kier alpha value is -2.62. The van der Waals surface area contributed by atoms with E-state index in [0.717, 1.165) is 42.9 Å². The van der Waals surface area contributed by atoms with Gasteiger partial charge in [0.05, 0.1) is 24.7 Å². The molecule has 3 aromatic rings. The molecule has 3 aromatic heterocycles. The van der Waals surface area contributed by atoms with E-state index in [1.165, 1.54) is 6.33 Å². The molecule has 2 aliphatic heterocycles. The second-order valence-electron chi connectivity index (χ2n) is 8.88. The summed E-state index contributed by atoms with van der Waals surface area (Å²) in [5.74, 6) is 2.69. The predicted octanol–water partition coefficient (Wildman–Crippen LogP) is 1.37. The molecule has 0 aromatic carbocycles. The molecule has 13 nitrogen and oxygen atoms in total. The highest BCUT2D eigenvalue weighted by Gasteiger charge is 2.26. The van der Waals surface area contributed by atoms with Crippen LogP contribution < -0.4 is 15.5 Å². The van der Waals surface area contributed by atoms with Crippen molar-refractivity contribution in [3.63, 3.8) is 0 Å². The van der Waals surface area contributed by atoms with Crippen molar-refractivity contribution in [3.8, 4) is 0 Å². The van der Waals surface area contributed by atoms with E-state index in [4.69, 9.17) is 19.8 Å². The number of hydrogen-bond donors (Lipinski definition) is 4. The van der Waals surface area contributed by atoms with Crippen molar-refractivity contribution < 1.29 is 13.8 Å². The number of anilines is 3. The van der Waals surface area contributed by atoms with Crippen LogP contribution in [0.5, 0.6) is 0 Å². The van der Waals surface area contributed by atoms with Gasteiger partial charge in [-0.15, -0.1) is 0 Å². The van der Waals surface area contributed by atoms with E-state index >= 15 is 0 Å². The largest absolute Gasteiger partial charge is 0.380 e. The summed E-state index contributed by atoms with van der Waals surface area (Å²) >= 11 is 0. The molecule has 0 spiro atoms. The van der Waals surface area contributed by atoms with Gasteiger partial charge in [-0.3, -0.25) is 18.7 Å². The van der Waals surface area contributed by atoms with Gasteiger partial charge in [0.15, 0.2) is 5.82 Å². The number of rotatable bonds is 9. The molecule has 2 saturated heterocycles. The maximum Gasteiger partial charge on any atom is 0.228 e. The highest BCUT2D eigenvalue weighted by atomic mass is 32.3. The summed E-state index contributed by atoms with van der Waals surface area (Å²) in [5.41, 5.74) is 2.41. The normalized spacial score (nSPS) is 19.5. The lowest BCUT2D eigenvalue weighted by Crippen LogP contribution is -2.44. The Balaban J connectivity index is 1.56. The van der Waals surface area contributed by atoms with E-state index < -0.39 is 10.6 Å². The Labute approximate surface area is 211 Å². The molecule has 0 amide bonds. The number of piperazine rings is 1. The van der Waals surface area contributed by atoms with Gasteiger partial charge in [-0.1, -0.05) is 0 Å². The first-order chi connectivity index (χ1) is 17.5. The molecule has 2 aliphatic rings. The van der Waals surface area contributed by atoms with Crippen LogP contribution in [0.2, 0.25) is 0 Å². The Kier molecular flexibility index (Phi) is 7.79. The van der Waals surface area contributed by atoms with Gasteiger partial charge in [-0.2, -0.15) is 20.7 Å². The minimum Gasteiger partial charge on any atom is -0.380 e. The maximum absolute atomic E-state index is 10.0. The van der Waals surface area contributed by atoms with Gasteiger partial charge in [-0.25, -0.2) is 15.0 Å². The molecular weight excluding hydrogens is 484 g/mol. The summed E-state index contributed by atoms with van der Waals surface area (Å²) in [6.07, 6.45) is 3.18. The first-order valence-electron chi connectivity index (χ1n) is 12.3. The van der Waals surface area contributed by atoms with E-state index in [9.17, 15) is 9.11 Å². The molecule has 4 N–H and O–H groups in total. The molecule has 14 heteroatoms. The van der Waals surface area contributed by atoms with Crippen LogP contribution in [0.1, 0.15) is 12.6 Å². The van der Waals surface area contributed by atoms with Gasteiger partial charge in [-0.05, 0) is 13.0 Å². The Morgan fingerprint density at radius 2 is 1.94 bits per heavy atom. The number of nitrogens with one attached hydrogen (secondary N) is 2. The maximum atomic E-state index is 10.0. The number of fused-ring (bicyclic) bond motifs is 1. The monoisotopic (exact) mass is 518 g/mol. The van der Waals surface area contributed by atoms with Crippen molar-refractivity contribution in [1.82, 2.24) is 39.9 Å². The highest BCUT2D eigenvalue weighted by Crippen LogP contribution is 2.40. The first kappa shape index (κ1) is 25.0. The van der Waals surface area contributed by atoms with Gasteiger partial charge < -0.3 is 20.3 Å². The summed E-state index contributed by atoms with van der Waals surface area (Å²) in [6, 6.07) is 1.80. The van der Waals surface area contributed by atoms with Gasteiger partial charge in [0.2, 0.25) is 5.95 Å². The topological polar surface area (TPSA) is 150 Å². The van der Waals surface area contributed by atoms with Crippen LogP contribution in [0.15, 0.2) is 18.6 Å². The summed E-state index contributed by atoms with van der Waals surface area (Å²) in [6.45, 7) is 8.83. The lowest BCUT2D eigenvalue weighted by atomic mass is 10.3. The molecule has 0 radical (unpaired) electrons. The van der Waals surface area contributed by atoms with Crippen molar-refractivity contribution >= 4 is 39.2 Å². The predicted molar refractivity (Wildman–Crippen MR) is 140 cm³/mol. The molecule has 196 valence electrons. The molecule has 0 unspecified atom stereocenters. The van der Waals surface area contributed by atoms with Gasteiger partial charge in [0.1, 0.15) is 28.9 Å². The summed E-state index contributed by atoms with van der Waals surface area (Å²) in [5, 5.41) is 11.7. The van der Waals surface area contributed by atoms with Crippen molar-refractivity contribution in [2.45, 2.75) is 20.0 Å². The molecule has 5 heterocycles. The van der Waals surface area contributed by atoms with E-state index in [-0.39, 0.29) is 0 Å². The average molecular weight is 519 g/mol. The summed E-state index contributed by atoms with van der Waals surface area (Å²) in [4.78, 5) is 22.7. The second-order valence-corrected chi connectivity index (χ2v) is 11.3. The van der Waals surface area contributed by atoms with Crippen LogP contribution in [0, 0.1) is 0 Å². The Morgan fingerprint density at radius 3 is 2.67 bits per heavy atom. The highest BCUT2D eigenvalue weighted by molar-refractivity contribution is 8.24. The molecule has 2 fully saturated rings. The fraction of sp³-hybridized carbons (Fsp3) is 0.591. The molecule has 0 aliphatic carbocycles. The number of nitrogens with zero attached hydrogens (tertiary/aromatic N) is 8. The zero-order chi connectivity index (χ0) is 25.0. The second kappa shape index (κ2) is 11.2. The van der Waals surface area contributed by atoms with Gasteiger partial charge >= 0.3 is 0 Å². The van der Waals surface area contributed by atoms with E-state index in [1.807, 2.05) is 11.6 Å². The number of ether oxygens (including phenoxy) is 1. The third-order valence-electron chi connectivity index (χ3n) is 6.37. The average Bonchev–Trinajstić information content (AvgIpc) is 3.24. The summed E-state index contributed by atoms with van der Waals surface area (Å²) < 4.78 is 27.6. The molecule has 0 atom stereocenters. The fourth-order valence-corrected chi connectivity index (χ4v) is 5.71. The minimum absolute atomic E-state index is 0.386. The Morgan fingerprint density at radius 1 is 1.14 bits per heavy atom. The van der Waals surface area contributed by atoms with Crippen molar-refractivity contribution in [3.05, 3.63) is 24.3 Å². The van der Waals surface area contributed by atoms with Gasteiger partial charge in [0.25, 0.3) is 0 Å². The van der Waals surface area contributed by atoms with E-state index in [2.05, 4.69) is 30.4 Å². The standard InChI is InChI=1S/C22H34N10O3S/c1-2-35-12-9-32-20-19(17(29-32)15-30-10-13-36(33,34)14-11-30)27-22(31-7-5-23-6-8-31)28-21(20)26-18-3-4-24-16-25-18/h3-4,16,23,33-34H,2,5-15H2,1H3,(H,24,25,26,27,28). The third kappa shape index (κ3) is 5.85. The van der Waals surface area contributed by atoms with Gasteiger partial charge in [0, 0.05) is 58.6 Å². The number of hydrogen-bond acceptors (Lipinski definition) is 12. The first-order valence-corrected chi connectivity index (χ1v) is 14.2. The van der Waals surface area contributed by atoms with E-state index in [1.54, 1.807) is 12.3 Å². The van der Waals surface area contributed by atoms with Crippen LogP contribution in [0.25, 0.3) is 11.0 Å². The van der Waals surface area contributed by atoms with Crippen LogP contribution in [0.3, 0.4) is 0 Å². The zero-order valence-electron chi connectivity index (χ0n) is 20.5. The molecule has 0 saturated carbocycles. The third-order valence-corrected chi connectivity index (χ3v) is 8.04. The van der Waals surface area contributed by atoms with Crippen molar-refractivity contribution in [1.29, 1.82) is 0 Å². The molecule has 0 bridgehead atoms. The summed E-state index contributed by atoms with van der Waals surface area (Å²) in [7, 11) is -2.47. The quantitative estimate of drug-likeness (QED) is 0.303. The van der Waals surface area contributed by atoms with Crippen LogP contribution in [-0.4, -0.2) is 108 Å². The molecule has 5 rings (SSSR count). The smallest absolute Gasteiger partial charge is 0.228 e. The van der Waals surface area contributed by atoms with Crippen molar-refractivity contribution in [2.24, 2.45) is 0 Å². The molecule has 36 heavy (non-hydrogen) atoms. The van der Waals surface area contributed by atoms with Crippen LogP contribution in [0.4, 0.5) is 17.6 Å².